The largest absolute Gasteiger partial charge is 0.477 e. The van der Waals surface area contributed by atoms with Gasteiger partial charge in [0, 0.05) is 31.7 Å². The van der Waals surface area contributed by atoms with Crippen molar-refractivity contribution in [3.63, 3.8) is 0 Å². The third-order valence-electron chi connectivity index (χ3n) is 5.08. The first kappa shape index (κ1) is 24.8. The zero-order valence-corrected chi connectivity index (χ0v) is 19.1. The molecular formula is C21H26F2N4O5S. The van der Waals surface area contributed by atoms with Crippen molar-refractivity contribution >= 4 is 28.5 Å². The van der Waals surface area contributed by atoms with Crippen LogP contribution in [0.25, 0.3) is 0 Å². The van der Waals surface area contributed by atoms with Gasteiger partial charge in [-0.05, 0) is 42.1 Å². The van der Waals surface area contributed by atoms with Crippen molar-refractivity contribution in [2.45, 2.75) is 20.5 Å². The maximum absolute atomic E-state index is 14.0. The van der Waals surface area contributed by atoms with Gasteiger partial charge in [0.2, 0.25) is 5.88 Å². The molecule has 1 aliphatic rings. The number of amides is 2. The Morgan fingerprint density at radius 3 is 2.73 bits per heavy atom. The van der Waals surface area contributed by atoms with Crippen LogP contribution in [0.5, 0.6) is 5.88 Å². The number of aromatic nitrogens is 1. The van der Waals surface area contributed by atoms with Gasteiger partial charge < -0.3 is 19.9 Å². The van der Waals surface area contributed by atoms with Crippen LogP contribution in [0, 0.1) is 24.5 Å². The van der Waals surface area contributed by atoms with E-state index < -0.39 is 30.2 Å². The van der Waals surface area contributed by atoms with Gasteiger partial charge in [0.15, 0.2) is 5.56 Å². The second-order valence-corrected chi connectivity index (χ2v) is 8.61. The lowest BCUT2D eigenvalue weighted by atomic mass is 10.1. The number of carbonyl (C=O) groups is 2. The van der Waals surface area contributed by atoms with Crippen molar-refractivity contribution in [1.82, 2.24) is 14.6 Å². The number of hydrogen-bond donors (Lipinski definition) is 3. The SMILES string of the molecule is Cc1cc(F)c(COc2nsc(NC(=O)NCC(C)CN3CCOCC3)c2C(=O)O)cc1F. The molecular weight excluding hydrogens is 458 g/mol. The fourth-order valence-electron chi connectivity index (χ4n) is 3.30. The molecule has 1 aromatic carbocycles. The van der Waals surface area contributed by atoms with Crippen LogP contribution in [0.15, 0.2) is 12.1 Å². The number of aromatic carboxylic acids is 1. The van der Waals surface area contributed by atoms with Gasteiger partial charge in [0.25, 0.3) is 0 Å². The van der Waals surface area contributed by atoms with Gasteiger partial charge in [-0.15, -0.1) is 0 Å². The van der Waals surface area contributed by atoms with Crippen LogP contribution in [-0.4, -0.2) is 65.8 Å². The first-order valence-electron chi connectivity index (χ1n) is 10.4. The molecule has 0 bridgehead atoms. The third-order valence-corrected chi connectivity index (χ3v) is 5.82. The van der Waals surface area contributed by atoms with Gasteiger partial charge in [-0.1, -0.05) is 6.92 Å². The number of benzene rings is 1. The van der Waals surface area contributed by atoms with Crippen molar-refractivity contribution in [3.05, 3.63) is 40.5 Å². The number of halogens is 2. The topological polar surface area (TPSA) is 113 Å². The number of carbonyl (C=O) groups excluding carboxylic acids is 1. The molecule has 0 aliphatic carbocycles. The highest BCUT2D eigenvalue weighted by Gasteiger charge is 2.24. The Balaban J connectivity index is 1.56. The highest BCUT2D eigenvalue weighted by Crippen LogP contribution is 2.31. The summed E-state index contributed by atoms with van der Waals surface area (Å²) in [5, 5.41) is 14.7. The maximum atomic E-state index is 14.0. The summed E-state index contributed by atoms with van der Waals surface area (Å²) < 4.78 is 42.3. The molecule has 33 heavy (non-hydrogen) atoms. The summed E-state index contributed by atoms with van der Waals surface area (Å²) in [4.78, 5) is 26.3. The number of carboxylic acid groups (broad SMARTS) is 1. The van der Waals surface area contributed by atoms with Crippen LogP contribution < -0.4 is 15.4 Å². The molecule has 3 rings (SSSR count). The van der Waals surface area contributed by atoms with E-state index in [0.29, 0.717) is 19.8 Å². The number of aryl methyl sites for hydroxylation is 1. The number of morpholine rings is 1. The molecule has 2 amide bonds. The second-order valence-electron chi connectivity index (χ2n) is 7.83. The normalized spacial score (nSPS) is 15.2. The smallest absolute Gasteiger partial charge is 0.344 e. The molecule has 3 N–H and O–H groups in total. The van der Waals surface area contributed by atoms with E-state index in [0.717, 1.165) is 43.3 Å². The van der Waals surface area contributed by atoms with Crippen LogP contribution in [0.2, 0.25) is 0 Å². The number of anilines is 1. The van der Waals surface area contributed by atoms with Gasteiger partial charge in [-0.2, -0.15) is 4.37 Å². The lowest BCUT2D eigenvalue weighted by Crippen LogP contribution is -2.42. The van der Waals surface area contributed by atoms with Gasteiger partial charge in [0.05, 0.1) is 13.2 Å². The predicted molar refractivity (Wildman–Crippen MR) is 118 cm³/mol. The van der Waals surface area contributed by atoms with E-state index >= 15 is 0 Å². The zero-order chi connectivity index (χ0) is 24.0. The maximum Gasteiger partial charge on any atom is 0.344 e. The lowest BCUT2D eigenvalue weighted by molar-refractivity contribution is 0.0320. The average Bonchev–Trinajstić information content (AvgIpc) is 3.17. The minimum absolute atomic E-state index is 0.0219. The minimum Gasteiger partial charge on any atom is -0.477 e. The van der Waals surface area contributed by atoms with Gasteiger partial charge in [0.1, 0.15) is 23.2 Å². The lowest BCUT2D eigenvalue weighted by Gasteiger charge is -2.29. The van der Waals surface area contributed by atoms with Crippen molar-refractivity contribution in [2.75, 3.05) is 44.7 Å². The van der Waals surface area contributed by atoms with Crippen molar-refractivity contribution in [2.24, 2.45) is 5.92 Å². The van der Waals surface area contributed by atoms with Gasteiger partial charge in [-0.25, -0.2) is 18.4 Å². The first-order valence-corrected chi connectivity index (χ1v) is 11.2. The second kappa shape index (κ2) is 11.3. The highest BCUT2D eigenvalue weighted by atomic mass is 32.1. The molecule has 1 aromatic heterocycles. The fraction of sp³-hybridized carbons (Fsp3) is 0.476. The molecule has 1 atom stereocenters. The zero-order valence-electron chi connectivity index (χ0n) is 18.3. The van der Waals surface area contributed by atoms with Crippen LogP contribution >= 0.6 is 11.5 Å². The summed E-state index contributed by atoms with van der Waals surface area (Å²) in [7, 11) is 0. The Bertz CT molecular complexity index is 997. The Labute approximate surface area is 193 Å². The van der Waals surface area contributed by atoms with E-state index in [1.807, 2.05) is 6.92 Å². The quantitative estimate of drug-likeness (QED) is 0.501. The molecule has 1 fully saturated rings. The summed E-state index contributed by atoms with van der Waals surface area (Å²) in [6, 6.07) is 1.44. The summed E-state index contributed by atoms with van der Waals surface area (Å²) >= 11 is 0.723. The molecule has 1 unspecified atom stereocenters. The van der Waals surface area contributed by atoms with Crippen molar-refractivity contribution in [1.29, 1.82) is 0 Å². The van der Waals surface area contributed by atoms with E-state index in [9.17, 15) is 23.5 Å². The summed E-state index contributed by atoms with van der Waals surface area (Å²) in [6.45, 7) is 7.30. The standard InChI is InChI=1S/C21H26F2N4O5S/c1-12(10-27-3-5-31-6-4-27)9-24-21(30)25-19-17(20(28)29)18(26-33-19)32-11-14-8-15(22)13(2)7-16(14)23/h7-8,12H,3-6,9-11H2,1-2H3,(H,28,29)(H2,24,25,30). The van der Waals surface area contributed by atoms with E-state index in [1.54, 1.807) is 0 Å². The Hall–Kier alpha value is -2.83. The Morgan fingerprint density at radius 1 is 1.30 bits per heavy atom. The van der Waals surface area contributed by atoms with E-state index in [4.69, 9.17) is 9.47 Å². The van der Waals surface area contributed by atoms with Crippen LogP contribution in [-0.2, 0) is 11.3 Å². The fourth-order valence-corrected chi connectivity index (χ4v) is 4.02. The number of urea groups is 1. The van der Waals surface area contributed by atoms with E-state index in [-0.39, 0.29) is 33.5 Å². The molecule has 0 saturated carbocycles. The number of carboxylic acids is 1. The van der Waals surface area contributed by atoms with Crippen LogP contribution in [0.4, 0.5) is 18.6 Å². The van der Waals surface area contributed by atoms with Crippen molar-refractivity contribution < 1.29 is 33.0 Å². The minimum atomic E-state index is -1.37. The number of ether oxygens (including phenoxy) is 2. The number of hydrogen-bond acceptors (Lipinski definition) is 7. The molecule has 1 saturated heterocycles. The number of nitrogens with one attached hydrogen (secondary N) is 2. The number of rotatable bonds is 9. The highest BCUT2D eigenvalue weighted by molar-refractivity contribution is 7.11. The molecule has 2 aromatic rings. The van der Waals surface area contributed by atoms with Crippen molar-refractivity contribution in [3.8, 4) is 5.88 Å². The average molecular weight is 485 g/mol. The molecule has 180 valence electrons. The Kier molecular flexibility index (Phi) is 8.53. The molecule has 0 spiro atoms. The van der Waals surface area contributed by atoms with E-state index in [2.05, 4.69) is 19.9 Å². The van der Waals surface area contributed by atoms with Gasteiger partial charge in [-0.3, -0.25) is 10.2 Å². The summed E-state index contributed by atoms with van der Waals surface area (Å²) in [5.74, 6) is -2.76. The molecule has 1 aliphatic heterocycles. The van der Waals surface area contributed by atoms with Crippen LogP contribution in [0.1, 0.15) is 28.4 Å². The molecule has 9 nitrogen and oxygen atoms in total. The predicted octanol–water partition coefficient (Wildman–Crippen LogP) is 3.10. The summed E-state index contributed by atoms with van der Waals surface area (Å²) in [6.07, 6.45) is 0. The van der Waals surface area contributed by atoms with E-state index in [1.165, 1.54) is 6.92 Å². The van der Waals surface area contributed by atoms with Crippen LogP contribution in [0.3, 0.4) is 0 Å². The summed E-state index contributed by atoms with van der Waals surface area (Å²) in [5.41, 5.74) is -0.290. The number of nitrogens with zero attached hydrogens (tertiary/aromatic N) is 2. The molecule has 12 heteroatoms. The Morgan fingerprint density at radius 2 is 2.03 bits per heavy atom. The van der Waals surface area contributed by atoms with Gasteiger partial charge >= 0.3 is 12.0 Å². The molecule has 2 heterocycles. The first-order chi connectivity index (χ1) is 15.7. The monoisotopic (exact) mass is 484 g/mol. The third kappa shape index (κ3) is 6.83. The molecule has 0 radical (unpaired) electrons.